The van der Waals surface area contributed by atoms with Gasteiger partial charge in [-0.15, -0.1) is 10.2 Å². The van der Waals surface area contributed by atoms with Gasteiger partial charge in [0.1, 0.15) is 5.82 Å². The van der Waals surface area contributed by atoms with Crippen LogP contribution in [-0.2, 0) is 17.8 Å². The number of carbonyl (C=O) groups is 1. The maximum absolute atomic E-state index is 12.8. The fraction of sp³-hybridized carbons (Fsp3) is 0.429. The van der Waals surface area contributed by atoms with E-state index in [1.807, 2.05) is 36.1 Å². The molecule has 2 aromatic heterocycles. The van der Waals surface area contributed by atoms with E-state index in [9.17, 15) is 4.79 Å². The molecule has 4 rings (SSSR count). The Labute approximate surface area is 174 Å². The summed E-state index contributed by atoms with van der Waals surface area (Å²) in [6.07, 6.45) is 2.43. The number of fused-ring (bicyclic) bond motifs is 1. The molecule has 0 N–H and O–H groups in total. The van der Waals surface area contributed by atoms with Crippen LogP contribution in [0.3, 0.4) is 0 Å². The fourth-order valence-electron chi connectivity index (χ4n) is 3.74. The molecule has 0 saturated carbocycles. The van der Waals surface area contributed by atoms with Gasteiger partial charge in [0.05, 0.1) is 17.3 Å². The second-order valence-corrected chi connectivity index (χ2v) is 7.99. The van der Waals surface area contributed by atoms with Crippen molar-refractivity contribution in [1.82, 2.24) is 24.6 Å². The lowest BCUT2D eigenvalue weighted by atomic mass is 10.1. The number of amides is 1. The lowest BCUT2D eigenvalue weighted by Gasteiger charge is -2.34. The first-order valence-electron chi connectivity index (χ1n) is 9.87. The summed E-state index contributed by atoms with van der Waals surface area (Å²) in [7, 11) is 0. The van der Waals surface area contributed by atoms with Crippen LogP contribution in [-0.4, -0.2) is 37.1 Å². The van der Waals surface area contributed by atoms with Gasteiger partial charge in [0, 0.05) is 37.4 Å². The number of aromatic nitrogens is 4. The zero-order chi connectivity index (χ0) is 20.5. The molecule has 1 aliphatic heterocycles. The zero-order valence-corrected chi connectivity index (χ0v) is 17.6. The molecule has 152 valence electrons. The molecular formula is C21H24ClN5O2. The van der Waals surface area contributed by atoms with Crippen LogP contribution < -0.4 is 0 Å². The molecule has 7 nitrogen and oxygen atoms in total. The molecule has 1 aliphatic rings. The van der Waals surface area contributed by atoms with Gasteiger partial charge in [-0.25, -0.2) is 4.98 Å². The van der Waals surface area contributed by atoms with Crippen LogP contribution in [0.25, 0.3) is 11.3 Å². The summed E-state index contributed by atoms with van der Waals surface area (Å²) in [5, 5.41) is 9.25. The van der Waals surface area contributed by atoms with Crippen molar-refractivity contribution < 1.29 is 9.21 Å². The Morgan fingerprint density at radius 1 is 1.28 bits per heavy atom. The Morgan fingerprint density at radius 3 is 2.83 bits per heavy atom. The lowest BCUT2D eigenvalue weighted by Crippen LogP contribution is -2.41. The van der Waals surface area contributed by atoms with E-state index in [-0.39, 0.29) is 11.9 Å². The third-order valence-electron chi connectivity index (χ3n) is 5.30. The molecular weight excluding hydrogens is 390 g/mol. The van der Waals surface area contributed by atoms with E-state index in [2.05, 4.69) is 33.6 Å². The minimum atomic E-state index is -0.0977. The van der Waals surface area contributed by atoms with Crippen LogP contribution in [0, 0.1) is 0 Å². The fourth-order valence-corrected chi connectivity index (χ4v) is 3.97. The molecule has 0 bridgehead atoms. The topological polar surface area (TPSA) is 77.1 Å². The van der Waals surface area contributed by atoms with E-state index in [1.165, 1.54) is 0 Å². The number of hydrogen-bond acceptors (Lipinski definition) is 5. The maximum Gasteiger partial charge on any atom is 0.223 e. The highest BCUT2D eigenvalue weighted by molar-refractivity contribution is 6.33. The first-order valence-corrected chi connectivity index (χ1v) is 10.3. The average Bonchev–Trinajstić information content (AvgIpc) is 3.34. The number of nitrogens with zero attached hydrogens (tertiary/aromatic N) is 5. The lowest BCUT2D eigenvalue weighted by molar-refractivity contribution is -0.134. The van der Waals surface area contributed by atoms with E-state index in [4.69, 9.17) is 16.0 Å². The Kier molecular flexibility index (Phi) is 5.41. The van der Waals surface area contributed by atoms with E-state index in [1.54, 1.807) is 6.20 Å². The molecule has 0 unspecified atom stereocenters. The van der Waals surface area contributed by atoms with Gasteiger partial charge in [-0.05, 0) is 19.1 Å². The predicted molar refractivity (Wildman–Crippen MR) is 110 cm³/mol. The quantitative estimate of drug-likeness (QED) is 0.625. The van der Waals surface area contributed by atoms with Crippen LogP contribution in [0.4, 0.5) is 0 Å². The molecule has 0 saturated heterocycles. The minimum absolute atomic E-state index is 0.0651. The Morgan fingerprint density at radius 2 is 2.07 bits per heavy atom. The molecule has 1 amide bonds. The molecule has 0 radical (unpaired) electrons. The molecule has 0 spiro atoms. The summed E-state index contributed by atoms with van der Waals surface area (Å²) < 4.78 is 7.95. The van der Waals surface area contributed by atoms with E-state index in [0.29, 0.717) is 42.0 Å². The minimum Gasteiger partial charge on any atom is -0.441 e. The number of halogens is 1. The number of benzene rings is 1. The van der Waals surface area contributed by atoms with Gasteiger partial charge in [-0.3, -0.25) is 4.79 Å². The normalized spacial score (nSPS) is 16.3. The van der Waals surface area contributed by atoms with Crippen molar-refractivity contribution in [3.8, 4) is 11.3 Å². The van der Waals surface area contributed by atoms with Gasteiger partial charge in [-0.1, -0.05) is 37.6 Å². The van der Waals surface area contributed by atoms with E-state index >= 15 is 0 Å². The van der Waals surface area contributed by atoms with Gasteiger partial charge < -0.3 is 13.9 Å². The molecule has 1 atom stereocenters. The predicted octanol–water partition coefficient (Wildman–Crippen LogP) is 4.25. The van der Waals surface area contributed by atoms with Crippen LogP contribution in [0.1, 0.15) is 56.7 Å². The second-order valence-electron chi connectivity index (χ2n) is 7.58. The zero-order valence-electron chi connectivity index (χ0n) is 16.8. The van der Waals surface area contributed by atoms with Crippen LogP contribution >= 0.6 is 11.6 Å². The van der Waals surface area contributed by atoms with Crippen molar-refractivity contribution in [1.29, 1.82) is 0 Å². The largest absolute Gasteiger partial charge is 0.441 e. The molecule has 3 aromatic rings. The van der Waals surface area contributed by atoms with E-state index < -0.39 is 0 Å². The number of hydrogen-bond donors (Lipinski definition) is 0. The van der Waals surface area contributed by atoms with Crippen molar-refractivity contribution in [3.05, 3.63) is 53.0 Å². The van der Waals surface area contributed by atoms with Gasteiger partial charge in [0.2, 0.25) is 5.91 Å². The molecule has 8 heteroatoms. The van der Waals surface area contributed by atoms with Crippen molar-refractivity contribution in [2.24, 2.45) is 0 Å². The van der Waals surface area contributed by atoms with Crippen molar-refractivity contribution in [3.63, 3.8) is 0 Å². The number of rotatable bonds is 5. The van der Waals surface area contributed by atoms with Crippen LogP contribution in [0.5, 0.6) is 0 Å². The summed E-state index contributed by atoms with van der Waals surface area (Å²) in [6.45, 7) is 7.59. The van der Waals surface area contributed by atoms with E-state index in [0.717, 1.165) is 23.8 Å². The molecule has 0 fully saturated rings. The SMILES string of the molecule is CC(C)c1nnc2n1CCN(C(=O)CCc1ncc(-c3ccccc3Cl)o1)[C@@H]2C. The number of aryl methyl sites for hydroxylation is 1. The van der Waals surface area contributed by atoms with Crippen molar-refractivity contribution in [2.75, 3.05) is 6.54 Å². The maximum atomic E-state index is 12.8. The highest BCUT2D eigenvalue weighted by Gasteiger charge is 2.31. The van der Waals surface area contributed by atoms with Gasteiger partial charge in [0.25, 0.3) is 0 Å². The van der Waals surface area contributed by atoms with Gasteiger partial charge in [-0.2, -0.15) is 0 Å². The summed E-state index contributed by atoms with van der Waals surface area (Å²) >= 11 is 6.21. The van der Waals surface area contributed by atoms with Crippen molar-refractivity contribution >= 4 is 17.5 Å². The Bertz CT molecular complexity index is 1030. The van der Waals surface area contributed by atoms with Crippen LogP contribution in [0.2, 0.25) is 5.02 Å². The highest BCUT2D eigenvalue weighted by atomic mass is 35.5. The molecule has 3 heterocycles. The van der Waals surface area contributed by atoms with Crippen molar-refractivity contribution in [2.45, 2.75) is 52.1 Å². The number of carbonyl (C=O) groups excluding carboxylic acids is 1. The third kappa shape index (κ3) is 3.79. The monoisotopic (exact) mass is 413 g/mol. The standard InChI is InChI=1S/C21H24ClN5O2/c1-13(2)20-24-25-21-14(3)26(10-11-27(20)21)19(28)9-8-18-23-12-17(29-18)15-6-4-5-7-16(15)22/h4-7,12-14H,8-11H2,1-3H3/t14-/m1/s1. The van der Waals surface area contributed by atoms with Crippen LogP contribution in [0.15, 0.2) is 34.9 Å². The Balaban J connectivity index is 1.41. The molecule has 0 aliphatic carbocycles. The molecule has 1 aromatic carbocycles. The smallest absolute Gasteiger partial charge is 0.223 e. The summed E-state index contributed by atoms with van der Waals surface area (Å²) in [6, 6.07) is 7.36. The number of oxazole rings is 1. The third-order valence-corrected chi connectivity index (χ3v) is 5.63. The van der Waals surface area contributed by atoms with Gasteiger partial charge >= 0.3 is 0 Å². The van der Waals surface area contributed by atoms with Gasteiger partial charge in [0.15, 0.2) is 17.5 Å². The Hall–Kier alpha value is -2.67. The highest BCUT2D eigenvalue weighted by Crippen LogP contribution is 2.29. The summed E-state index contributed by atoms with van der Waals surface area (Å²) in [5.41, 5.74) is 0.796. The first-order chi connectivity index (χ1) is 14.0. The molecule has 29 heavy (non-hydrogen) atoms. The first kappa shape index (κ1) is 19.6. The summed E-state index contributed by atoms with van der Waals surface area (Å²) in [4.78, 5) is 19.0. The average molecular weight is 414 g/mol. The summed E-state index contributed by atoms with van der Waals surface area (Å²) in [5.74, 6) is 3.34. The second kappa shape index (κ2) is 7.99.